The van der Waals surface area contributed by atoms with Crippen LogP contribution >= 0.6 is 11.3 Å². The lowest BCUT2D eigenvalue weighted by molar-refractivity contribution is 0.0938. The van der Waals surface area contributed by atoms with Gasteiger partial charge < -0.3 is 5.32 Å². The van der Waals surface area contributed by atoms with Crippen LogP contribution in [0.15, 0.2) is 4.79 Å². The van der Waals surface area contributed by atoms with Crippen LogP contribution in [-0.4, -0.2) is 41.4 Å². The Balaban J connectivity index is 1.65. The Morgan fingerprint density at radius 3 is 2.70 bits per heavy atom. The maximum Gasteiger partial charge on any atom is 0.262 e. The minimum absolute atomic E-state index is 0.0477. The highest BCUT2D eigenvalue weighted by Gasteiger charge is 2.27. The van der Waals surface area contributed by atoms with E-state index in [1.165, 1.54) is 11.3 Å². The van der Waals surface area contributed by atoms with Gasteiger partial charge in [0.25, 0.3) is 11.5 Å². The normalized spacial score (nSPS) is 20.2. The molecule has 0 bridgehead atoms. The van der Waals surface area contributed by atoms with E-state index in [0.717, 1.165) is 31.5 Å². The van der Waals surface area contributed by atoms with Crippen LogP contribution in [0.2, 0.25) is 0 Å². The maximum atomic E-state index is 13.0. The highest BCUT2D eigenvalue weighted by Crippen LogP contribution is 2.28. The molecule has 1 amide bonds. The zero-order valence-electron chi connectivity index (χ0n) is 15.3. The molecule has 146 valence electrons. The summed E-state index contributed by atoms with van der Waals surface area (Å²) < 4.78 is 24.9. The molecule has 2 aromatic heterocycles. The summed E-state index contributed by atoms with van der Waals surface area (Å²) in [7, 11) is -2.97. The standard InChI is InChI=1S/C18H23N3O4S2/c1-11-14-17(20-13-5-3-2-4-8-21(13)18(14)23)26-15(11)16(22)19-12-6-9-27(24,25)10-7-12/h12H,2-10H2,1H3,(H,19,22). The van der Waals surface area contributed by atoms with E-state index < -0.39 is 9.84 Å². The van der Waals surface area contributed by atoms with E-state index in [-0.39, 0.29) is 29.0 Å². The van der Waals surface area contributed by atoms with Gasteiger partial charge in [-0.25, -0.2) is 13.4 Å². The molecule has 0 radical (unpaired) electrons. The van der Waals surface area contributed by atoms with Gasteiger partial charge in [0.1, 0.15) is 20.5 Å². The molecule has 7 nitrogen and oxygen atoms in total. The molecule has 2 aliphatic heterocycles. The summed E-state index contributed by atoms with van der Waals surface area (Å²) in [5, 5.41) is 3.49. The number of fused-ring (bicyclic) bond motifs is 2. The molecule has 4 heterocycles. The van der Waals surface area contributed by atoms with E-state index in [9.17, 15) is 18.0 Å². The van der Waals surface area contributed by atoms with Gasteiger partial charge in [-0.2, -0.15) is 0 Å². The van der Waals surface area contributed by atoms with Crippen molar-refractivity contribution in [2.75, 3.05) is 11.5 Å². The Bertz CT molecular complexity index is 1050. The predicted octanol–water partition coefficient (Wildman–Crippen LogP) is 1.80. The number of aryl methyl sites for hydroxylation is 2. The summed E-state index contributed by atoms with van der Waals surface area (Å²) in [5.41, 5.74) is 0.626. The fraction of sp³-hybridized carbons (Fsp3) is 0.611. The van der Waals surface area contributed by atoms with E-state index in [1.54, 1.807) is 11.5 Å². The second kappa shape index (κ2) is 7.01. The largest absolute Gasteiger partial charge is 0.349 e. The van der Waals surface area contributed by atoms with Crippen molar-refractivity contribution in [2.24, 2.45) is 0 Å². The number of carbonyl (C=O) groups is 1. The van der Waals surface area contributed by atoms with Crippen LogP contribution in [0.4, 0.5) is 0 Å². The molecular weight excluding hydrogens is 386 g/mol. The third kappa shape index (κ3) is 3.54. The Morgan fingerprint density at radius 2 is 1.96 bits per heavy atom. The van der Waals surface area contributed by atoms with Gasteiger partial charge in [-0.3, -0.25) is 14.2 Å². The maximum absolute atomic E-state index is 13.0. The van der Waals surface area contributed by atoms with E-state index in [4.69, 9.17) is 0 Å². The Hall–Kier alpha value is -1.74. The Kier molecular flexibility index (Phi) is 4.84. The fourth-order valence-electron chi connectivity index (χ4n) is 3.91. The van der Waals surface area contributed by atoms with Gasteiger partial charge >= 0.3 is 0 Å². The number of nitrogens with one attached hydrogen (secondary N) is 1. The van der Waals surface area contributed by atoms with Crippen molar-refractivity contribution in [1.29, 1.82) is 0 Å². The Labute approximate surface area is 161 Å². The van der Waals surface area contributed by atoms with E-state index in [2.05, 4.69) is 10.3 Å². The van der Waals surface area contributed by atoms with Crippen LogP contribution in [0.3, 0.4) is 0 Å². The monoisotopic (exact) mass is 409 g/mol. The number of rotatable bonds is 2. The molecule has 4 rings (SSSR count). The van der Waals surface area contributed by atoms with Crippen LogP contribution < -0.4 is 10.9 Å². The van der Waals surface area contributed by atoms with Gasteiger partial charge in [-0.1, -0.05) is 6.42 Å². The van der Waals surface area contributed by atoms with Gasteiger partial charge in [0.2, 0.25) is 0 Å². The molecular formula is C18H23N3O4S2. The number of nitrogens with zero attached hydrogens (tertiary/aromatic N) is 2. The van der Waals surface area contributed by atoms with Crippen molar-refractivity contribution < 1.29 is 13.2 Å². The van der Waals surface area contributed by atoms with Gasteiger partial charge in [0.05, 0.1) is 21.8 Å². The number of carbonyl (C=O) groups excluding carboxylic acids is 1. The van der Waals surface area contributed by atoms with Crippen molar-refractivity contribution in [3.63, 3.8) is 0 Å². The molecule has 0 atom stereocenters. The van der Waals surface area contributed by atoms with Crippen molar-refractivity contribution >= 4 is 37.3 Å². The summed E-state index contributed by atoms with van der Waals surface area (Å²) in [6.45, 7) is 2.48. The molecule has 0 saturated carbocycles. The molecule has 27 heavy (non-hydrogen) atoms. The van der Waals surface area contributed by atoms with Crippen molar-refractivity contribution in [3.05, 3.63) is 26.6 Å². The minimum atomic E-state index is -2.97. The third-order valence-electron chi connectivity index (χ3n) is 5.51. The predicted molar refractivity (Wildman–Crippen MR) is 105 cm³/mol. The lowest BCUT2D eigenvalue weighted by Crippen LogP contribution is -2.40. The van der Waals surface area contributed by atoms with E-state index >= 15 is 0 Å². The SMILES string of the molecule is Cc1c(C(=O)NC2CCS(=O)(=O)CC2)sc2nc3n(c(=O)c12)CCCCC3. The summed E-state index contributed by atoms with van der Waals surface area (Å²) in [5.74, 6) is 0.799. The van der Waals surface area contributed by atoms with E-state index in [1.807, 2.05) is 0 Å². The lowest BCUT2D eigenvalue weighted by Gasteiger charge is -2.22. The molecule has 1 saturated heterocycles. The zero-order chi connectivity index (χ0) is 19.2. The smallest absolute Gasteiger partial charge is 0.262 e. The summed E-state index contributed by atoms with van der Waals surface area (Å²) in [6, 6.07) is -0.142. The molecule has 1 fully saturated rings. The number of thiophene rings is 1. The van der Waals surface area contributed by atoms with Crippen LogP contribution in [0.1, 0.15) is 53.2 Å². The summed E-state index contributed by atoms with van der Waals surface area (Å²) >= 11 is 1.26. The van der Waals surface area contributed by atoms with Gasteiger partial charge in [-0.05, 0) is 38.2 Å². The van der Waals surface area contributed by atoms with Crippen LogP contribution in [-0.2, 0) is 22.8 Å². The van der Waals surface area contributed by atoms with Gasteiger partial charge in [0, 0.05) is 19.0 Å². The van der Waals surface area contributed by atoms with Crippen molar-refractivity contribution in [3.8, 4) is 0 Å². The Morgan fingerprint density at radius 1 is 1.22 bits per heavy atom. The zero-order valence-corrected chi connectivity index (χ0v) is 16.9. The number of hydrogen-bond acceptors (Lipinski definition) is 6. The van der Waals surface area contributed by atoms with E-state index in [0.29, 0.717) is 40.0 Å². The first kappa shape index (κ1) is 18.6. The molecule has 9 heteroatoms. The summed E-state index contributed by atoms with van der Waals surface area (Å²) in [4.78, 5) is 31.6. The molecule has 0 spiro atoms. The van der Waals surface area contributed by atoms with Crippen LogP contribution in [0.25, 0.3) is 10.2 Å². The molecule has 2 aliphatic rings. The van der Waals surface area contributed by atoms with Crippen molar-refractivity contribution in [1.82, 2.24) is 14.9 Å². The van der Waals surface area contributed by atoms with Gasteiger partial charge in [0.15, 0.2) is 0 Å². The number of sulfone groups is 1. The molecule has 2 aromatic rings. The molecule has 0 aromatic carbocycles. The topological polar surface area (TPSA) is 98.1 Å². The molecule has 0 aliphatic carbocycles. The quantitative estimate of drug-likeness (QED) is 0.816. The fourth-order valence-corrected chi connectivity index (χ4v) is 6.50. The first-order valence-electron chi connectivity index (χ1n) is 9.40. The third-order valence-corrected chi connectivity index (χ3v) is 8.41. The average molecular weight is 410 g/mol. The highest BCUT2D eigenvalue weighted by atomic mass is 32.2. The number of aromatic nitrogens is 2. The van der Waals surface area contributed by atoms with Crippen LogP contribution in [0.5, 0.6) is 0 Å². The number of amides is 1. The van der Waals surface area contributed by atoms with Gasteiger partial charge in [-0.15, -0.1) is 11.3 Å². The number of hydrogen-bond donors (Lipinski definition) is 1. The average Bonchev–Trinajstić information content (AvgIpc) is 2.79. The molecule has 0 unspecified atom stereocenters. The lowest BCUT2D eigenvalue weighted by atomic mass is 10.1. The first-order chi connectivity index (χ1) is 12.9. The van der Waals surface area contributed by atoms with Crippen LogP contribution in [0, 0.1) is 6.92 Å². The highest BCUT2D eigenvalue weighted by molar-refractivity contribution is 7.91. The second-order valence-corrected chi connectivity index (χ2v) is 10.7. The van der Waals surface area contributed by atoms with Crippen molar-refractivity contribution in [2.45, 2.75) is 58.0 Å². The second-order valence-electron chi connectivity index (χ2n) is 7.43. The first-order valence-corrected chi connectivity index (χ1v) is 12.0. The minimum Gasteiger partial charge on any atom is -0.349 e. The summed E-state index contributed by atoms with van der Waals surface area (Å²) in [6.07, 6.45) is 4.77. The molecule has 1 N–H and O–H groups in total.